The van der Waals surface area contributed by atoms with Gasteiger partial charge < -0.3 is 0 Å². The molecule has 3 heteroatoms. The SMILES string of the molecule is C[C@@H]1CC/C=C\CCC1N=[N+]=[N-]. The van der Waals surface area contributed by atoms with Crippen LogP contribution in [0.1, 0.15) is 32.6 Å². The predicted octanol–water partition coefficient (Wildman–Crippen LogP) is 3.43. The number of hydrogen-bond acceptors (Lipinski definition) is 1. The summed E-state index contributed by atoms with van der Waals surface area (Å²) < 4.78 is 0. The van der Waals surface area contributed by atoms with Gasteiger partial charge in [0.15, 0.2) is 0 Å². The van der Waals surface area contributed by atoms with E-state index in [0.29, 0.717) is 5.92 Å². The Hall–Kier alpha value is -0.950. The van der Waals surface area contributed by atoms with Crippen molar-refractivity contribution in [3.05, 3.63) is 22.6 Å². The lowest BCUT2D eigenvalue weighted by Gasteiger charge is -2.19. The average Bonchev–Trinajstić information content (AvgIpc) is 2.05. The van der Waals surface area contributed by atoms with Gasteiger partial charge in [0.1, 0.15) is 0 Å². The molecule has 0 heterocycles. The summed E-state index contributed by atoms with van der Waals surface area (Å²) in [6, 6.07) is 0.208. The fraction of sp³-hybridized carbons (Fsp3) is 0.778. The predicted molar refractivity (Wildman–Crippen MR) is 49.7 cm³/mol. The lowest BCUT2D eigenvalue weighted by Crippen LogP contribution is -2.15. The molecular weight excluding hydrogens is 150 g/mol. The lowest BCUT2D eigenvalue weighted by atomic mass is 9.91. The van der Waals surface area contributed by atoms with Crippen LogP contribution in [0.15, 0.2) is 17.3 Å². The van der Waals surface area contributed by atoms with E-state index in [2.05, 4.69) is 29.1 Å². The molecule has 0 aliphatic heterocycles. The zero-order valence-corrected chi connectivity index (χ0v) is 7.48. The van der Waals surface area contributed by atoms with E-state index in [9.17, 15) is 0 Å². The van der Waals surface area contributed by atoms with E-state index in [0.717, 1.165) is 25.7 Å². The molecule has 0 saturated carbocycles. The van der Waals surface area contributed by atoms with Gasteiger partial charge in [-0.05, 0) is 37.1 Å². The van der Waals surface area contributed by atoms with Gasteiger partial charge in [0.2, 0.25) is 0 Å². The molecule has 0 bridgehead atoms. The van der Waals surface area contributed by atoms with Gasteiger partial charge in [-0.1, -0.05) is 24.2 Å². The normalized spacial score (nSPS) is 32.8. The van der Waals surface area contributed by atoms with E-state index in [-0.39, 0.29) is 6.04 Å². The second-order valence-corrected chi connectivity index (χ2v) is 3.38. The van der Waals surface area contributed by atoms with E-state index < -0.39 is 0 Å². The van der Waals surface area contributed by atoms with E-state index >= 15 is 0 Å². The minimum atomic E-state index is 0.208. The number of nitrogens with zero attached hydrogens (tertiary/aromatic N) is 3. The van der Waals surface area contributed by atoms with Crippen molar-refractivity contribution < 1.29 is 0 Å². The van der Waals surface area contributed by atoms with Crippen molar-refractivity contribution in [2.75, 3.05) is 0 Å². The first-order valence-corrected chi connectivity index (χ1v) is 4.54. The van der Waals surface area contributed by atoms with Crippen LogP contribution in [0.5, 0.6) is 0 Å². The Morgan fingerprint density at radius 3 is 2.67 bits per heavy atom. The topological polar surface area (TPSA) is 48.8 Å². The van der Waals surface area contributed by atoms with Crippen molar-refractivity contribution in [1.82, 2.24) is 0 Å². The number of allylic oxidation sites excluding steroid dienone is 2. The quantitative estimate of drug-likeness (QED) is 0.247. The highest BCUT2D eigenvalue weighted by atomic mass is 15.1. The van der Waals surface area contributed by atoms with Crippen LogP contribution >= 0.6 is 0 Å². The van der Waals surface area contributed by atoms with Crippen molar-refractivity contribution in [2.45, 2.75) is 38.6 Å². The van der Waals surface area contributed by atoms with Crippen molar-refractivity contribution in [3.63, 3.8) is 0 Å². The second kappa shape index (κ2) is 4.83. The highest BCUT2D eigenvalue weighted by Crippen LogP contribution is 2.21. The standard InChI is InChI=1S/C9H15N3/c1-8-6-4-2-3-5-7-9(8)11-12-10/h2-3,8-9H,4-7H2,1H3/b3-2-/t8-,9?/m1/s1. The third-order valence-electron chi connectivity index (χ3n) is 2.44. The summed E-state index contributed by atoms with van der Waals surface area (Å²) in [5, 5.41) is 3.81. The van der Waals surface area contributed by atoms with Gasteiger partial charge >= 0.3 is 0 Å². The summed E-state index contributed by atoms with van der Waals surface area (Å²) in [6.07, 6.45) is 8.73. The summed E-state index contributed by atoms with van der Waals surface area (Å²) in [7, 11) is 0. The number of rotatable bonds is 1. The first kappa shape index (κ1) is 9.14. The lowest BCUT2D eigenvalue weighted by molar-refractivity contribution is 0.404. The van der Waals surface area contributed by atoms with Gasteiger partial charge in [-0.25, -0.2) is 0 Å². The zero-order valence-electron chi connectivity index (χ0n) is 7.48. The van der Waals surface area contributed by atoms with E-state index in [1.165, 1.54) is 0 Å². The molecule has 1 rings (SSSR count). The Labute approximate surface area is 73.1 Å². The molecule has 0 aromatic rings. The Morgan fingerprint density at radius 1 is 1.33 bits per heavy atom. The minimum absolute atomic E-state index is 0.208. The van der Waals surface area contributed by atoms with Gasteiger partial charge in [0, 0.05) is 11.0 Å². The van der Waals surface area contributed by atoms with Crippen molar-refractivity contribution in [3.8, 4) is 0 Å². The van der Waals surface area contributed by atoms with Crippen LogP contribution in [0.4, 0.5) is 0 Å². The molecule has 2 atom stereocenters. The van der Waals surface area contributed by atoms with E-state index in [4.69, 9.17) is 5.53 Å². The first-order valence-electron chi connectivity index (χ1n) is 4.54. The number of hydrogen-bond donors (Lipinski definition) is 0. The van der Waals surface area contributed by atoms with E-state index in [1.807, 2.05) is 0 Å². The van der Waals surface area contributed by atoms with Crippen LogP contribution in [0.25, 0.3) is 10.4 Å². The number of azide groups is 1. The molecule has 0 fully saturated rings. The van der Waals surface area contributed by atoms with Crippen LogP contribution in [0.2, 0.25) is 0 Å². The molecule has 0 N–H and O–H groups in total. The largest absolute Gasteiger partial charge is 0.0903 e. The Balaban J connectivity index is 2.57. The summed E-state index contributed by atoms with van der Waals surface area (Å²) in [5.74, 6) is 0.533. The van der Waals surface area contributed by atoms with Crippen LogP contribution in [0.3, 0.4) is 0 Å². The smallest absolute Gasteiger partial charge is 0.0402 e. The molecule has 0 aromatic heterocycles. The molecule has 12 heavy (non-hydrogen) atoms. The molecule has 0 aromatic carbocycles. The van der Waals surface area contributed by atoms with Gasteiger partial charge in [0.25, 0.3) is 0 Å². The molecule has 0 saturated heterocycles. The molecule has 66 valence electrons. The monoisotopic (exact) mass is 165 g/mol. The fourth-order valence-electron chi connectivity index (χ4n) is 1.58. The van der Waals surface area contributed by atoms with Crippen LogP contribution in [-0.4, -0.2) is 6.04 Å². The van der Waals surface area contributed by atoms with Crippen LogP contribution in [0, 0.1) is 5.92 Å². The fourth-order valence-corrected chi connectivity index (χ4v) is 1.58. The molecule has 0 spiro atoms. The highest BCUT2D eigenvalue weighted by Gasteiger charge is 2.15. The third kappa shape index (κ3) is 2.59. The third-order valence-corrected chi connectivity index (χ3v) is 2.44. The van der Waals surface area contributed by atoms with Gasteiger partial charge in [-0.15, -0.1) is 0 Å². The molecule has 0 amide bonds. The molecule has 0 radical (unpaired) electrons. The van der Waals surface area contributed by atoms with Gasteiger partial charge in [-0.2, -0.15) is 0 Å². The molecule has 3 nitrogen and oxygen atoms in total. The Bertz CT molecular complexity index is 204. The van der Waals surface area contributed by atoms with Crippen molar-refractivity contribution in [2.24, 2.45) is 11.0 Å². The summed E-state index contributed by atoms with van der Waals surface area (Å²) in [5.41, 5.74) is 8.34. The average molecular weight is 165 g/mol. The molecule has 1 aliphatic carbocycles. The molecular formula is C9H15N3. The Morgan fingerprint density at radius 2 is 2.00 bits per heavy atom. The molecule has 1 unspecified atom stereocenters. The second-order valence-electron chi connectivity index (χ2n) is 3.38. The van der Waals surface area contributed by atoms with Crippen molar-refractivity contribution in [1.29, 1.82) is 0 Å². The van der Waals surface area contributed by atoms with Crippen LogP contribution < -0.4 is 0 Å². The summed E-state index contributed by atoms with van der Waals surface area (Å²) >= 11 is 0. The molecule has 1 aliphatic rings. The van der Waals surface area contributed by atoms with Gasteiger partial charge in [0.05, 0.1) is 0 Å². The van der Waals surface area contributed by atoms with E-state index in [1.54, 1.807) is 0 Å². The van der Waals surface area contributed by atoms with Crippen LogP contribution in [-0.2, 0) is 0 Å². The highest BCUT2D eigenvalue weighted by molar-refractivity contribution is 4.89. The maximum absolute atomic E-state index is 8.34. The zero-order chi connectivity index (χ0) is 8.81. The summed E-state index contributed by atoms with van der Waals surface area (Å²) in [6.45, 7) is 2.17. The summed E-state index contributed by atoms with van der Waals surface area (Å²) in [4.78, 5) is 2.88. The van der Waals surface area contributed by atoms with Crippen molar-refractivity contribution >= 4 is 0 Å². The maximum atomic E-state index is 8.34. The first-order chi connectivity index (χ1) is 5.84. The minimum Gasteiger partial charge on any atom is -0.0903 e. The van der Waals surface area contributed by atoms with Gasteiger partial charge in [-0.3, -0.25) is 0 Å². The maximum Gasteiger partial charge on any atom is 0.0402 e. The Kier molecular flexibility index (Phi) is 3.68.